The molecular formula is C19H25NO. The van der Waals surface area contributed by atoms with Gasteiger partial charge in [0.1, 0.15) is 5.75 Å². The van der Waals surface area contributed by atoms with Crippen LogP contribution in [0, 0.1) is 0 Å². The van der Waals surface area contributed by atoms with Crippen molar-refractivity contribution >= 4 is 0 Å². The first kappa shape index (κ1) is 15.6. The van der Waals surface area contributed by atoms with Crippen LogP contribution in [-0.4, -0.2) is 12.1 Å². The van der Waals surface area contributed by atoms with Crippen molar-refractivity contribution < 1.29 is 4.74 Å². The van der Waals surface area contributed by atoms with E-state index in [-0.39, 0.29) is 5.54 Å². The molecule has 21 heavy (non-hydrogen) atoms. The lowest BCUT2D eigenvalue weighted by atomic mass is 10.1. The average molecular weight is 283 g/mol. The van der Waals surface area contributed by atoms with Crippen LogP contribution in [0.5, 0.6) is 5.75 Å². The molecule has 0 atom stereocenters. The van der Waals surface area contributed by atoms with Crippen molar-refractivity contribution in [2.75, 3.05) is 6.61 Å². The molecule has 0 bridgehead atoms. The molecule has 2 nitrogen and oxygen atoms in total. The van der Waals surface area contributed by atoms with Gasteiger partial charge in [-0.3, -0.25) is 0 Å². The molecular weight excluding hydrogens is 258 g/mol. The zero-order valence-electron chi connectivity index (χ0n) is 13.2. The summed E-state index contributed by atoms with van der Waals surface area (Å²) < 4.78 is 5.97. The molecule has 0 saturated carbocycles. The second kappa shape index (κ2) is 7.28. The van der Waals surface area contributed by atoms with Gasteiger partial charge in [-0.15, -0.1) is 0 Å². The number of hydrogen-bond acceptors (Lipinski definition) is 2. The maximum Gasteiger partial charge on any atom is 0.123 e. The van der Waals surface area contributed by atoms with Crippen LogP contribution < -0.4 is 10.1 Å². The third-order valence-electron chi connectivity index (χ3n) is 3.27. The highest BCUT2D eigenvalue weighted by Gasteiger charge is 2.10. The maximum atomic E-state index is 5.97. The molecule has 0 saturated heterocycles. The molecule has 2 rings (SSSR count). The van der Waals surface area contributed by atoms with Crippen LogP contribution in [0.2, 0.25) is 0 Å². The standard InChI is InChI=1S/C19H25NO/c1-19(2,3)20-15-17-11-7-8-12-18(17)21-14-13-16-9-5-4-6-10-16/h4-12,20H,13-15H2,1-3H3. The molecule has 0 aliphatic heterocycles. The largest absolute Gasteiger partial charge is 0.493 e. The van der Waals surface area contributed by atoms with Crippen molar-refractivity contribution in [1.82, 2.24) is 5.32 Å². The van der Waals surface area contributed by atoms with Crippen LogP contribution in [0.15, 0.2) is 54.6 Å². The van der Waals surface area contributed by atoms with E-state index < -0.39 is 0 Å². The first-order chi connectivity index (χ1) is 10.0. The highest BCUT2D eigenvalue weighted by Crippen LogP contribution is 2.19. The van der Waals surface area contributed by atoms with Gasteiger partial charge in [-0.1, -0.05) is 48.5 Å². The summed E-state index contributed by atoms with van der Waals surface area (Å²) >= 11 is 0. The molecule has 2 heteroatoms. The summed E-state index contributed by atoms with van der Waals surface area (Å²) in [6, 6.07) is 18.7. The maximum absolute atomic E-state index is 5.97. The van der Waals surface area contributed by atoms with Gasteiger partial charge in [-0.2, -0.15) is 0 Å². The van der Waals surface area contributed by atoms with E-state index in [0.29, 0.717) is 6.61 Å². The molecule has 0 heterocycles. The highest BCUT2D eigenvalue weighted by molar-refractivity contribution is 5.33. The number of nitrogens with one attached hydrogen (secondary N) is 1. The minimum absolute atomic E-state index is 0.108. The van der Waals surface area contributed by atoms with Gasteiger partial charge in [0.15, 0.2) is 0 Å². The average Bonchev–Trinajstić information content (AvgIpc) is 2.46. The Balaban J connectivity index is 1.90. The molecule has 0 radical (unpaired) electrons. The predicted octanol–water partition coefficient (Wildman–Crippen LogP) is 4.20. The van der Waals surface area contributed by atoms with E-state index in [1.54, 1.807) is 0 Å². The monoisotopic (exact) mass is 283 g/mol. The molecule has 0 unspecified atom stereocenters. The molecule has 0 amide bonds. The zero-order valence-corrected chi connectivity index (χ0v) is 13.2. The van der Waals surface area contributed by atoms with Crippen molar-refractivity contribution in [2.24, 2.45) is 0 Å². The van der Waals surface area contributed by atoms with Gasteiger partial charge >= 0.3 is 0 Å². The number of hydrogen-bond donors (Lipinski definition) is 1. The Hall–Kier alpha value is -1.80. The van der Waals surface area contributed by atoms with E-state index in [9.17, 15) is 0 Å². The van der Waals surface area contributed by atoms with Crippen molar-refractivity contribution in [1.29, 1.82) is 0 Å². The highest BCUT2D eigenvalue weighted by atomic mass is 16.5. The number of benzene rings is 2. The van der Waals surface area contributed by atoms with E-state index >= 15 is 0 Å². The summed E-state index contributed by atoms with van der Waals surface area (Å²) in [7, 11) is 0. The molecule has 0 fully saturated rings. The first-order valence-electron chi connectivity index (χ1n) is 7.54. The summed E-state index contributed by atoms with van der Waals surface area (Å²) in [6.07, 6.45) is 0.932. The Bertz CT molecular complexity index is 543. The summed E-state index contributed by atoms with van der Waals surface area (Å²) in [6.45, 7) is 8.05. The van der Waals surface area contributed by atoms with E-state index in [2.05, 4.69) is 62.5 Å². The van der Waals surface area contributed by atoms with Gasteiger partial charge in [-0.25, -0.2) is 0 Å². The Morgan fingerprint density at radius 3 is 2.29 bits per heavy atom. The smallest absolute Gasteiger partial charge is 0.123 e. The molecule has 0 aliphatic carbocycles. The molecule has 1 N–H and O–H groups in total. The van der Waals surface area contributed by atoms with Gasteiger partial charge in [0, 0.05) is 24.1 Å². The third kappa shape index (κ3) is 5.60. The second-order valence-electron chi connectivity index (χ2n) is 6.30. The first-order valence-corrected chi connectivity index (χ1v) is 7.54. The minimum atomic E-state index is 0.108. The van der Waals surface area contributed by atoms with Crippen molar-refractivity contribution in [2.45, 2.75) is 39.3 Å². The normalized spacial score (nSPS) is 11.4. The van der Waals surface area contributed by atoms with E-state index in [1.165, 1.54) is 11.1 Å². The number of para-hydroxylation sites is 1. The minimum Gasteiger partial charge on any atom is -0.493 e. The van der Waals surface area contributed by atoms with E-state index in [0.717, 1.165) is 18.7 Å². The van der Waals surface area contributed by atoms with Gasteiger partial charge < -0.3 is 10.1 Å². The fourth-order valence-corrected chi connectivity index (χ4v) is 2.07. The molecule has 112 valence electrons. The fraction of sp³-hybridized carbons (Fsp3) is 0.368. The summed E-state index contributed by atoms with van der Waals surface area (Å²) in [5, 5.41) is 3.51. The number of ether oxygens (including phenoxy) is 1. The van der Waals surface area contributed by atoms with E-state index in [4.69, 9.17) is 4.74 Å². The predicted molar refractivity (Wildman–Crippen MR) is 88.7 cm³/mol. The fourth-order valence-electron chi connectivity index (χ4n) is 2.07. The second-order valence-corrected chi connectivity index (χ2v) is 6.30. The molecule has 2 aromatic rings. The van der Waals surface area contributed by atoms with Crippen molar-refractivity contribution in [3.05, 3.63) is 65.7 Å². The lowest BCUT2D eigenvalue weighted by Crippen LogP contribution is -2.35. The van der Waals surface area contributed by atoms with Crippen LogP contribution in [0.25, 0.3) is 0 Å². The van der Waals surface area contributed by atoms with Crippen LogP contribution in [0.1, 0.15) is 31.9 Å². The Labute approximate surface area is 128 Å². The van der Waals surface area contributed by atoms with Crippen LogP contribution >= 0.6 is 0 Å². The van der Waals surface area contributed by atoms with Crippen LogP contribution in [0.4, 0.5) is 0 Å². The molecule has 0 aliphatic rings. The topological polar surface area (TPSA) is 21.3 Å². The Morgan fingerprint density at radius 1 is 0.905 bits per heavy atom. The number of rotatable bonds is 6. The Morgan fingerprint density at radius 2 is 1.57 bits per heavy atom. The van der Waals surface area contributed by atoms with Crippen LogP contribution in [0.3, 0.4) is 0 Å². The Kier molecular flexibility index (Phi) is 5.40. The lowest BCUT2D eigenvalue weighted by Gasteiger charge is -2.21. The molecule has 2 aromatic carbocycles. The van der Waals surface area contributed by atoms with Gasteiger partial charge in [0.2, 0.25) is 0 Å². The lowest BCUT2D eigenvalue weighted by molar-refractivity contribution is 0.315. The summed E-state index contributed by atoms with van der Waals surface area (Å²) in [5.41, 5.74) is 2.63. The van der Waals surface area contributed by atoms with Gasteiger partial charge in [-0.05, 0) is 32.4 Å². The van der Waals surface area contributed by atoms with E-state index in [1.807, 2.05) is 18.2 Å². The molecule has 0 aromatic heterocycles. The van der Waals surface area contributed by atoms with Gasteiger partial charge in [0.25, 0.3) is 0 Å². The third-order valence-corrected chi connectivity index (χ3v) is 3.27. The summed E-state index contributed by atoms with van der Waals surface area (Å²) in [4.78, 5) is 0. The van der Waals surface area contributed by atoms with Gasteiger partial charge in [0.05, 0.1) is 6.61 Å². The van der Waals surface area contributed by atoms with Crippen molar-refractivity contribution in [3.8, 4) is 5.75 Å². The van der Waals surface area contributed by atoms with Crippen LogP contribution in [-0.2, 0) is 13.0 Å². The van der Waals surface area contributed by atoms with Crippen molar-refractivity contribution in [3.63, 3.8) is 0 Å². The quantitative estimate of drug-likeness (QED) is 0.858. The summed E-state index contributed by atoms with van der Waals surface area (Å²) in [5.74, 6) is 0.977. The SMILES string of the molecule is CC(C)(C)NCc1ccccc1OCCc1ccccc1. The zero-order chi connectivity index (χ0) is 15.1. The molecule has 0 spiro atoms.